The molecule has 1 aromatic heterocycles. The van der Waals surface area contributed by atoms with Crippen LogP contribution >= 0.6 is 11.3 Å². The summed E-state index contributed by atoms with van der Waals surface area (Å²) < 4.78 is 13.7. The highest BCUT2D eigenvalue weighted by molar-refractivity contribution is 7.18. The van der Waals surface area contributed by atoms with E-state index in [0.717, 1.165) is 11.0 Å². The maximum Gasteiger partial charge on any atom is 0.494 e. The van der Waals surface area contributed by atoms with Crippen LogP contribution in [0, 0.1) is 0 Å². The van der Waals surface area contributed by atoms with Crippen LogP contribution in [0.1, 0.15) is 45.5 Å². The lowest BCUT2D eigenvalue weighted by Crippen LogP contribution is -2.41. The average molecular weight is 356 g/mol. The molecule has 0 unspecified atom stereocenters. The Kier molecular flexibility index (Phi) is 3.29. The van der Waals surface area contributed by atoms with Crippen molar-refractivity contribution in [3.8, 4) is 0 Å². The predicted octanol–water partition coefficient (Wildman–Crippen LogP) is 2.94. The van der Waals surface area contributed by atoms with Gasteiger partial charge in [-0.05, 0) is 71.2 Å². The maximum atomic E-state index is 6.20. The highest BCUT2D eigenvalue weighted by Gasteiger charge is 2.52. The van der Waals surface area contributed by atoms with Crippen molar-refractivity contribution in [1.29, 1.82) is 0 Å². The summed E-state index contributed by atoms with van der Waals surface area (Å²) in [6, 6.07) is 6.49. The van der Waals surface area contributed by atoms with Crippen molar-refractivity contribution in [3.63, 3.8) is 0 Å². The Morgan fingerprint density at radius 1 is 1.08 bits per heavy atom. The van der Waals surface area contributed by atoms with Crippen molar-refractivity contribution >= 4 is 34.1 Å². The van der Waals surface area contributed by atoms with Crippen LogP contribution in [0.5, 0.6) is 0 Å². The van der Waals surface area contributed by atoms with Gasteiger partial charge in [-0.1, -0.05) is 6.07 Å². The molecule has 2 bridgehead atoms. The van der Waals surface area contributed by atoms with Gasteiger partial charge in [0.15, 0.2) is 0 Å². The van der Waals surface area contributed by atoms with E-state index in [1.54, 1.807) is 0 Å². The molecule has 0 N–H and O–H groups in total. The van der Waals surface area contributed by atoms with E-state index in [2.05, 4.69) is 50.8 Å². The van der Waals surface area contributed by atoms with Gasteiger partial charge in [-0.3, -0.25) is 0 Å². The van der Waals surface area contributed by atoms with Crippen molar-refractivity contribution < 1.29 is 9.31 Å². The third-order valence-electron chi connectivity index (χ3n) is 6.73. The van der Waals surface area contributed by atoms with Crippen LogP contribution in [0.3, 0.4) is 0 Å². The van der Waals surface area contributed by atoms with E-state index >= 15 is 0 Å². The molecule has 0 saturated carbocycles. The Morgan fingerprint density at radius 3 is 2.36 bits per heavy atom. The summed E-state index contributed by atoms with van der Waals surface area (Å²) >= 11 is 1.88. The van der Waals surface area contributed by atoms with Crippen molar-refractivity contribution in [2.45, 2.75) is 57.2 Å². The van der Waals surface area contributed by atoms with E-state index in [9.17, 15) is 0 Å². The molecule has 4 heterocycles. The number of thiazole rings is 1. The van der Waals surface area contributed by atoms with Gasteiger partial charge >= 0.3 is 7.12 Å². The summed E-state index contributed by atoms with van der Waals surface area (Å²) in [6.45, 7) is 12.0. The number of hydrogen-bond acceptors (Lipinski definition) is 5. The molecule has 132 valence electrons. The monoisotopic (exact) mass is 356 g/mol. The van der Waals surface area contributed by atoms with Gasteiger partial charge in [-0.2, -0.15) is 0 Å². The van der Waals surface area contributed by atoms with Gasteiger partial charge in [0, 0.05) is 12.0 Å². The Hall–Kier alpha value is -0.945. The van der Waals surface area contributed by atoms with Crippen LogP contribution in [0.25, 0.3) is 10.2 Å². The molecule has 2 aromatic rings. The molecule has 25 heavy (non-hydrogen) atoms. The first-order chi connectivity index (χ1) is 11.8. The highest BCUT2D eigenvalue weighted by Crippen LogP contribution is 2.45. The van der Waals surface area contributed by atoms with Gasteiger partial charge in [0.25, 0.3) is 0 Å². The highest BCUT2D eigenvalue weighted by atomic mass is 32.1. The molecular formula is C19H25BN2O2S. The van der Waals surface area contributed by atoms with E-state index in [4.69, 9.17) is 14.3 Å². The van der Waals surface area contributed by atoms with Crippen LogP contribution in [0.4, 0.5) is 0 Å². The fourth-order valence-corrected chi connectivity index (χ4v) is 5.49. The number of fused-ring (bicyclic) bond motifs is 3. The van der Waals surface area contributed by atoms with Crippen LogP contribution in [-0.2, 0) is 14.7 Å². The van der Waals surface area contributed by atoms with Crippen molar-refractivity contribution in [2.24, 2.45) is 0 Å². The van der Waals surface area contributed by atoms with Gasteiger partial charge in [-0.25, -0.2) is 4.98 Å². The van der Waals surface area contributed by atoms with E-state index in [-0.39, 0.29) is 18.3 Å². The van der Waals surface area contributed by atoms with Crippen molar-refractivity contribution in [1.82, 2.24) is 9.88 Å². The lowest BCUT2D eigenvalue weighted by atomic mass is 9.79. The minimum atomic E-state index is -0.314. The average Bonchev–Trinajstić information content (AvgIpc) is 3.29. The largest absolute Gasteiger partial charge is 0.494 e. The van der Waals surface area contributed by atoms with E-state index in [1.165, 1.54) is 42.2 Å². The number of hydrogen-bond donors (Lipinski definition) is 0. The molecule has 5 rings (SSSR count). The van der Waals surface area contributed by atoms with Crippen LogP contribution in [0.15, 0.2) is 18.2 Å². The summed E-state index contributed by atoms with van der Waals surface area (Å²) in [7, 11) is -0.314. The fraction of sp³-hybridized carbons (Fsp3) is 0.632. The topological polar surface area (TPSA) is 34.6 Å². The number of piperidine rings is 1. The Bertz CT molecular complexity index is 823. The number of benzene rings is 1. The number of aromatic nitrogens is 1. The standard InChI is InChI=1S/C19H25BN2O2S/c1-17(2)18(3,4)24-20(23-17)13-5-6-15-14(11-13)21-16(25-15)19-7-9-22(12-19)10-8-19/h5-6,11H,7-10,12H2,1-4H3. The summed E-state index contributed by atoms with van der Waals surface area (Å²) in [5.74, 6) is 0. The second kappa shape index (κ2) is 5.06. The van der Waals surface area contributed by atoms with Gasteiger partial charge in [0.05, 0.1) is 21.4 Å². The molecule has 0 radical (unpaired) electrons. The number of nitrogens with zero attached hydrogens (tertiary/aromatic N) is 2. The SMILES string of the molecule is CC1(C)OB(c2ccc3sc(C45CCN(CC4)C5)nc3c2)OC1(C)C. The zero-order chi connectivity index (χ0) is 17.4. The van der Waals surface area contributed by atoms with Gasteiger partial charge in [0.2, 0.25) is 0 Å². The lowest BCUT2D eigenvalue weighted by molar-refractivity contribution is 0.00578. The Labute approximate surface area is 153 Å². The molecule has 0 spiro atoms. The lowest BCUT2D eigenvalue weighted by Gasteiger charge is -2.32. The molecule has 4 nitrogen and oxygen atoms in total. The first kappa shape index (κ1) is 16.2. The van der Waals surface area contributed by atoms with Gasteiger partial charge in [0.1, 0.15) is 5.01 Å². The maximum absolute atomic E-state index is 6.20. The Morgan fingerprint density at radius 2 is 1.76 bits per heavy atom. The van der Waals surface area contributed by atoms with Gasteiger partial charge < -0.3 is 14.2 Å². The van der Waals surface area contributed by atoms with Crippen molar-refractivity contribution in [2.75, 3.05) is 19.6 Å². The molecular weight excluding hydrogens is 331 g/mol. The molecule has 1 aromatic carbocycles. The smallest absolute Gasteiger partial charge is 0.399 e. The Balaban J connectivity index is 1.49. The van der Waals surface area contributed by atoms with Crippen molar-refractivity contribution in [3.05, 3.63) is 23.2 Å². The van der Waals surface area contributed by atoms with E-state index < -0.39 is 0 Å². The minimum absolute atomic E-state index is 0.310. The normalized spacial score (nSPS) is 32.8. The molecule has 0 atom stereocenters. The quantitative estimate of drug-likeness (QED) is 0.775. The van der Waals surface area contributed by atoms with Crippen LogP contribution < -0.4 is 5.46 Å². The molecule has 3 saturated heterocycles. The molecule has 0 amide bonds. The molecule has 3 fully saturated rings. The van der Waals surface area contributed by atoms with E-state index in [1.807, 2.05) is 11.3 Å². The second-order valence-corrected chi connectivity index (χ2v) is 9.92. The zero-order valence-electron chi connectivity index (χ0n) is 15.5. The third kappa shape index (κ3) is 2.34. The summed E-state index contributed by atoms with van der Waals surface area (Å²) in [4.78, 5) is 7.62. The van der Waals surface area contributed by atoms with Crippen LogP contribution in [0.2, 0.25) is 0 Å². The molecule has 3 aliphatic heterocycles. The van der Waals surface area contributed by atoms with E-state index in [0.29, 0.717) is 5.41 Å². The summed E-state index contributed by atoms with van der Waals surface area (Å²) in [5, 5.41) is 1.33. The molecule has 0 aliphatic carbocycles. The summed E-state index contributed by atoms with van der Waals surface area (Å²) in [6.07, 6.45) is 2.52. The summed E-state index contributed by atoms with van der Waals surface area (Å²) in [5.41, 5.74) is 1.85. The third-order valence-corrected chi connectivity index (χ3v) is 8.01. The molecule has 3 aliphatic rings. The van der Waals surface area contributed by atoms with Crippen LogP contribution in [-0.4, -0.2) is 47.8 Å². The first-order valence-electron chi connectivity index (χ1n) is 9.27. The number of rotatable bonds is 2. The predicted molar refractivity (Wildman–Crippen MR) is 103 cm³/mol. The second-order valence-electron chi connectivity index (χ2n) is 8.89. The fourth-order valence-electron chi connectivity index (χ4n) is 4.30. The zero-order valence-corrected chi connectivity index (χ0v) is 16.3. The minimum Gasteiger partial charge on any atom is -0.399 e. The first-order valence-corrected chi connectivity index (χ1v) is 10.1. The van der Waals surface area contributed by atoms with Gasteiger partial charge in [-0.15, -0.1) is 11.3 Å². The molecule has 6 heteroatoms.